The molecule has 0 atom stereocenters. The van der Waals surface area contributed by atoms with Crippen LogP contribution in [0.3, 0.4) is 0 Å². The molecule has 1 amide bonds. The van der Waals surface area contributed by atoms with Gasteiger partial charge in [-0.15, -0.1) is 0 Å². The van der Waals surface area contributed by atoms with Gasteiger partial charge in [0.05, 0.1) is 5.56 Å². The monoisotopic (exact) mass is 351 g/mol. The lowest BCUT2D eigenvalue weighted by molar-refractivity contribution is -0.137. The van der Waals surface area contributed by atoms with Crippen LogP contribution in [0.25, 0.3) is 0 Å². The van der Waals surface area contributed by atoms with E-state index in [2.05, 4.69) is 20.9 Å². The number of hydrogen-bond donors (Lipinski definition) is 1. The van der Waals surface area contributed by atoms with Crippen molar-refractivity contribution < 1.29 is 18.0 Å². The van der Waals surface area contributed by atoms with Crippen LogP contribution in [0.5, 0.6) is 0 Å². The summed E-state index contributed by atoms with van der Waals surface area (Å²) in [4.78, 5) is 16.5. The Labute approximate surface area is 122 Å². The molecule has 20 heavy (non-hydrogen) atoms. The van der Waals surface area contributed by atoms with Crippen molar-refractivity contribution in [2.24, 2.45) is 11.7 Å². The van der Waals surface area contributed by atoms with Gasteiger partial charge in [0, 0.05) is 29.7 Å². The topological polar surface area (TPSA) is 59.2 Å². The van der Waals surface area contributed by atoms with Gasteiger partial charge >= 0.3 is 6.18 Å². The summed E-state index contributed by atoms with van der Waals surface area (Å²) in [6, 6.07) is 1.02. The first-order valence-corrected chi connectivity index (χ1v) is 6.85. The van der Waals surface area contributed by atoms with Crippen LogP contribution in [0.1, 0.15) is 18.4 Å². The Morgan fingerprint density at radius 2 is 2.00 bits per heavy atom. The number of aromatic nitrogens is 1. The van der Waals surface area contributed by atoms with Crippen molar-refractivity contribution in [3.8, 4) is 0 Å². The first kappa shape index (κ1) is 15.1. The number of piperidine rings is 1. The molecule has 2 N–H and O–H groups in total. The lowest BCUT2D eigenvalue weighted by Gasteiger charge is -2.32. The highest BCUT2D eigenvalue weighted by Crippen LogP contribution is 2.37. The highest BCUT2D eigenvalue weighted by Gasteiger charge is 2.37. The van der Waals surface area contributed by atoms with E-state index >= 15 is 0 Å². The quantitative estimate of drug-likeness (QED) is 0.890. The first-order valence-electron chi connectivity index (χ1n) is 6.06. The van der Waals surface area contributed by atoms with E-state index in [1.807, 2.05) is 0 Å². The minimum atomic E-state index is -4.47. The number of nitrogens with two attached hydrogens (primary N) is 1. The van der Waals surface area contributed by atoms with Crippen molar-refractivity contribution in [2.75, 3.05) is 18.0 Å². The fourth-order valence-electron chi connectivity index (χ4n) is 2.27. The predicted octanol–water partition coefficient (Wildman–Crippen LogP) is 2.56. The molecule has 0 saturated carbocycles. The average molecular weight is 352 g/mol. The van der Waals surface area contributed by atoms with E-state index < -0.39 is 17.6 Å². The van der Waals surface area contributed by atoms with Gasteiger partial charge in [-0.05, 0) is 34.8 Å². The van der Waals surface area contributed by atoms with Crippen LogP contribution in [0.2, 0.25) is 0 Å². The molecule has 1 aliphatic heterocycles. The second-order valence-electron chi connectivity index (χ2n) is 4.69. The van der Waals surface area contributed by atoms with Crippen molar-refractivity contribution >= 4 is 27.7 Å². The van der Waals surface area contributed by atoms with Gasteiger partial charge in [0.2, 0.25) is 5.91 Å². The molecule has 110 valence electrons. The van der Waals surface area contributed by atoms with Crippen molar-refractivity contribution in [1.29, 1.82) is 0 Å². The molecule has 8 heteroatoms. The lowest BCUT2D eigenvalue weighted by Crippen LogP contribution is -2.39. The fraction of sp³-hybridized carbons (Fsp3) is 0.500. The second kappa shape index (κ2) is 5.59. The van der Waals surface area contributed by atoms with Gasteiger partial charge in [-0.25, -0.2) is 4.98 Å². The summed E-state index contributed by atoms with van der Waals surface area (Å²) in [5, 5.41) is 0. The maximum Gasteiger partial charge on any atom is 0.419 e. The van der Waals surface area contributed by atoms with E-state index in [0.29, 0.717) is 25.9 Å². The molecule has 2 rings (SSSR count). The molecule has 1 aromatic heterocycles. The zero-order chi connectivity index (χ0) is 14.9. The smallest absolute Gasteiger partial charge is 0.369 e. The number of hydrogen-bond acceptors (Lipinski definition) is 3. The zero-order valence-corrected chi connectivity index (χ0v) is 12.0. The number of amides is 1. The molecular weight excluding hydrogens is 339 g/mol. The van der Waals surface area contributed by atoms with E-state index in [1.54, 1.807) is 4.90 Å². The van der Waals surface area contributed by atoms with Gasteiger partial charge in [-0.2, -0.15) is 13.2 Å². The van der Waals surface area contributed by atoms with Gasteiger partial charge in [-0.3, -0.25) is 4.79 Å². The molecule has 2 heterocycles. The summed E-state index contributed by atoms with van der Waals surface area (Å²) in [5.41, 5.74) is 4.44. The summed E-state index contributed by atoms with van der Waals surface area (Å²) in [6.07, 6.45) is -2.23. The molecule has 0 aromatic carbocycles. The Morgan fingerprint density at radius 3 is 2.50 bits per heavy atom. The number of anilines is 1. The van der Waals surface area contributed by atoms with E-state index in [9.17, 15) is 18.0 Å². The predicted molar refractivity (Wildman–Crippen MR) is 71.1 cm³/mol. The van der Waals surface area contributed by atoms with Gasteiger partial charge < -0.3 is 10.6 Å². The highest BCUT2D eigenvalue weighted by atomic mass is 79.9. The fourth-order valence-corrected chi connectivity index (χ4v) is 2.60. The van der Waals surface area contributed by atoms with Gasteiger partial charge in [0.1, 0.15) is 5.82 Å². The average Bonchev–Trinajstić information content (AvgIpc) is 2.38. The number of rotatable bonds is 2. The lowest BCUT2D eigenvalue weighted by atomic mass is 9.96. The Morgan fingerprint density at radius 1 is 1.40 bits per heavy atom. The third-order valence-electron chi connectivity index (χ3n) is 3.34. The minimum Gasteiger partial charge on any atom is -0.369 e. The summed E-state index contributed by atoms with van der Waals surface area (Å²) in [5.74, 6) is -0.760. The molecule has 0 unspecified atom stereocenters. The molecule has 1 aromatic rings. The Kier molecular flexibility index (Phi) is 4.22. The summed E-state index contributed by atoms with van der Waals surface area (Å²) >= 11 is 3.00. The van der Waals surface area contributed by atoms with Crippen LogP contribution in [0.15, 0.2) is 16.7 Å². The maximum atomic E-state index is 13.0. The number of nitrogens with zero attached hydrogens (tertiary/aromatic N) is 2. The SMILES string of the molecule is NC(=O)C1CCN(c2ncc(Br)cc2C(F)(F)F)CC1. The van der Waals surface area contributed by atoms with Crippen molar-refractivity contribution in [2.45, 2.75) is 19.0 Å². The molecule has 0 spiro atoms. The van der Waals surface area contributed by atoms with Crippen molar-refractivity contribution in [3.05, 3.63) is 22.3 Å². The molecule has 1 fully saturated rings. The van der Waals surface area contributed by atoms with Crippen LogP contribution < -0.4 is 10.6 Å². The van der Waals surface area contributed by atoms with E-state index in [-0.39, 0.29) is 16.2 Å². The molecule has 0 bridgehead atoms. The van der Waals surface area contributed by atoms with E-state index in [4.69, 9.17) is 5.73 Å². The van der Waals surface area contributed by atoms with Gasteiger partial charge in [0.25, 0.3) is 0 Å². The first-order chi connectivity index (χ1) is 9.29. The van der Waals surface area contributed by atoms with Crippen LogP contribution in [-0.2, 0) is 11.0 Å². The largest absolute Gasteiger partial charge is 0.419 e. The van der Waals surface area contributed by atoms with Crippen LogP contribution in [-0.4, -0.2) is 24.0 Å². The van der Waals surface area contributed by atoms with Crippen molar-refractivity contribution in [3.63, 3.8) is 0 Å². The number of pyridine rings is 1. The van der Waals surface area contributed by atoms with E-state index in [1.165, 1.54) is 6.20 Å². The van der Waals surface area contributed by atoms with Crippen LogP contribution >= 0.6 is 15.9 Å². The van der Waals surface area contributed by atoms with Gasteiger partial charge in [0.15, 0.2) is 0 Å². The molecule has 1 saturated heterocycles. The van der Waals surface area contributed by atoms with Crippen LogP contribution in [0.4, 0.5) is 19.0 Å². The van der Waals surface area contributed by atoms with Crippen LogP contribution in [0, 0.1) is 5.92 Å². The summed E-state index contributed by atoms with van der Waals surface area (Å²) in [7, 11) is 0. The third-order valence-corrected chi connectivity index (χ3v) is 3.77. The number of carbonyl (C=O) groups excluding carboxylic acids is 1. The molecule has 0 aliphatic carbocycles. The molecule has 0 radical (unpaired) electrons. The normalized spacial score (nSPS) is 17.3. The summed E-state index contributed by atoms with van der Waals surface area (Å²) in [6.45, 7) is 0.677. The third kappa shape index (κ3) is 3.23. The molecule has 1 aliphatic rings. The Bertz CT molecular complexity index is 513. The molecule has 4 nitrogen and oxygen atoms in total. The standard InChI is InChI=1S/C12H13BrF3N3O/c13-8-5-9(12(14,15)16)11(18-6-8)19-3-1-7(2-4-19)10(17)20/h5-7H,1-4H2,(H2,17,20). The van der Waals surface area contributed by atoms with Crippen molar-refractivity contribution in [1.82, 2.24) is 4.98 Å². The Hall–Kier alpha value is -1.31. The highest BCUT2D eigenvalue weighted by molar-refractivity contribution is 9.10. The van der Waals surface area contributed by atoms with E-state index in [0.717, 1.165) is 6.07 Å². The minimum absolute atomic E-state index is 0.0939. The Balaban J connectivity index is 2.24. The second-order valence-corrected chi connectivity index (χ2v) is 5.60. The number of halogens is 4. The number of carbonyl (C=O) groups is 1. The van der Waals surface area contributed by atoms with Gasteiger partial charge in [-0.1, -0.05) is 0 Å². The maximum absolute atomic E-state index is 13.0. The summed E-state index contributed by atoms with van der Waals surface area (Å²) < 4.78 is 39.4. The zero-order valence-electron chi connectivity index (χ0n) is 10.5. The molecular formula is C12H13BrF3N3O. The number of primary amides is 1. The number of alkyl halides is 3.